The highest BCUT2D eigenvalue weighted by atomic mass is 35.5. The van der Waals surface area contributed by atoms with Crippen molar-refractivity contribution < 1.29 is 28.9 Å². The minimum Gasteiger partial charge on any atom is -0.493 e. The van der Waals surface area contributed by atoms with Gasteiger partial charge in [0.15, 0.2) is 18.1 Å². The van der Waals surface area contributed by atoms with Gasteiger partial charge in [-0.3, -0.25) is 4.79 Å². The Morgan fingerprint density at radius 2 is 1.70 bits per heavy atom. The van der Waals surface area contributed by atoms with Crippen molar-refractivity contribution in [1.82, 2.24) is 0 Å². The molecule has 2 rings (SSSR count). The maximum Gasteiger partial charge on any atom is 0.335 e. The van der Waals surface area contributed by atoms with E-state index in [2.05, 4.69) is 5.32 Å². The number of hydrogen-bond donors (Lipinski definition) is 2. The molecule has 0 aliphatic carbocycles. The lowest BCUT2D eigenvalue weighted by Crippen LogP contribution is -2.21. The van der Waals surface area contributed by atoms with Gasteiger partial charge in [-0.25, -0.2) is 4.79 Å². The number of carbonyl (C=O) groups is 2. The van der Waals surface area contributed by atoms with E-state index in [1.165, 1.54) is 26.4 Å². The van der Waals surface area contributed by atoms with Crippen molar-refractivity contribution in [2.24, 2.45) is 0 Å². The van der Waals surface area contributed by atoms with E-state index < -0.39 is 11.9 Å². The van der Waals surface area contributed by atoms with Gasteiger partial charge in [0, 0.05) is 5.02 Å². The van der Waals surface area contributed by atoms with Crippen molar-refractivity contribution in [3.05, 3.63) is 46.0 Å². The Morgan fingerprint density at radius 1 is 1.07 bits per heavy atom. The molecule has 2 aromatic rings. The molecule has 1 amide bonds. The van der Waals surface area contributed by atoms with Crippen LogP contribution in [-0.2, 0) is 4.79 Å². The number of anilines is 1. The van der Waals surface area contributed by atoms with Crippen molar-refractivity contribution in [2.75, 3.05) is 26.1 Å². The molecule has 0 bridgehead atoms. The summed E-state index contributed by atoms with van der Waals surface area (Å²) in [7, 11) is 2.77. The summed E-state index contributed by atoms with van der Waals surface area (Å²) in [5, 5.41) is 12.4. The molecule has 0 aliphatic rings. The van der Waals surface area contributed by atoms with E-state index in [0.717, 1.165) is 11.1 Å². The summed E-state index contributed by atoms with van der Waals surface area (Å²) in [5.41, 5.74) is 1.81. The van der Waals surface area contributed by atoms with E-state index in [0.29, 0.717) is 10.8 Å². The van der Waals surface area contributed by atoms with Crippen LogP contribution in [-0.4, -0.2) is 37.8 Å². The number of aryl methyl sites for hydroxylation is 2. The van der Waals surface area contributed by atoms with E-state index in [1.54, 1.807) is 12.1 Å². The van der Waals surface area contributed by atoms with Gasteiger partial charge < -0.3 is 24.6 Å². The zero-order chi connectivity index (χ0) is 20.1. The SMILES string of the molecule is COc1cc(C(=O)O)cc(NC(=O)COc2cc(C)c(Cl)c(C)c2)c1OC. The van der Waals surface area contributed by atoms with E-state index in [1.807, 2.05) is 13.8 Å². The molecule has 2 N–H and O–H groups in total. The fourth-order valence-corrected chi connectivity index (χ4v) is 2.61. The van der Waals surface area contributed by atoms with Crippen LogP contribution in [0.25, 0.3) is 0 Å². The first kappa shape index (κ1) is 20.4. The third-order valence-corrected chi connectivity index (χ3v) is 4.38. The van der Waals surface area contributed by atoms with Crippen LogP contribution in [0.4, 0.5) is 5.69 Å². The second-order valence-corrected chi connectivity index (χ2v) is 6.15. The van der Waals surface area contributed by atoms with Crippen LogP contribution in [0, 0.1) is 13.8 Å². The van der Waals surface area contributed by atoms with Gasteiger partial charge in [0.05, 0.1) is 25.5 Å². The van der Waals surface area contributed by atoms with Crippen LogP contribution in [0.15, 0.2) is 24.3 Å². The van der Waals surface area contributed by atoms with E-state index in [9.17, 15) is 14.7 Å². The number of hydrogen-bond acceptors (Lipinski definition) is 5. The lowest BCUT2D eigenvalue weighted by atomic mass is 10.1. The van der Waals surface area contributed by atoms with Gasteiger partial charge in [-0.2, -0.15) is 0 Å². The van der Waals surface area contributed by atoms with Crippen LogP contribution in [0.3, 0.4) is 0 Å². The molecule has 7 nitrogen and oxygen atoms in total. The lowest BCUT2D eigenvalue weighted by molar-refractivity contribution is -0.118. The summed E-state index contributed by atoms with van der Waals surface area (Å²) >= 11 is 6.11. The fraction of sp³-hybridized carbons (Fsp3) is 0.263. The average Bonchev–Trinajstić information content (AvgIpc) is 2.63. The first-order chi connectivity index (χ1) is 12.8. The van der Waals surface area contributed by atoms with Crippen molar-refractivity contribution >= 4 is 29.2 Å². The minimum absolute atomic E-state index is 0.0483. The lowest BCUT2D eigenvalue weighted by Gasteiger charge is -2.15. The normalized spacial score (nSPS) is 10.3. The van der Waals surface area contributed by atoms with Crippen molar-refractivity contribution in [3.63, 3.8) is 0 Å². The highest BCUT2D eigenvalue weighted by molar-refractivity contribution is 6.32. The van der Waals surface area contributed by atoms with Crippen molar-refractivity contribution in [2.45, 2.75) is 13.8 Å². The molecule has 27 heavy (non-hydrogen) atoms. The topological polar surface area (TPSA) is 94.1 Å². The van der Waals surface area contributed by atoms with Gasteiger partial charge in [-0.1, -0.05) is 11.6 Å². The van der Waals surface area contributed by atoms with E-state index in [4.69, 9.17) is 25.8 Å². The van der Waals surface area contributed by atoms with E-state index >= 15 is 0 Å². The number of carboxylic acid groups (broad SMARTS) is 1. The molecule has 0 aliphatic heterocycles. The third-order valence-electron chi connectivity index (χ3n) is 3.78. The molecular formula is C19H20ClNO6. The predicted octanol–water partition coefficient (Wildman–Crippen LogP) is 3.69. The number of halogens is 1. The Bertz CT molecular complexity index is 858. The summed E-state index contributed by atoms with van der Waals surface area (Å²) in [5.74, 6) is -0.724. The monoisotopic (exact) mass is 393 g/mol. The van der Waals surface area contributed by atoms with Gasteiger partial charge in [-0.05, 0) is 49.2 Å². The van der Waals surface area contributed by atoms with E-state index in [-0.39, 0.29) is 29.4 Å². The molecule has 0 unspecified atom stereocenters. The van der Waals surface area contributed by atoms with Crippen LogP contribution in [0.5, 0.6) is 17.2 Å². The number of carboxylic acids is 1. The van der Waals surface area contributed by atoms with Gasteiger partial charge in [0.2, 0.25) is 0 Å². The number of methoxy groups -OCH3 is 2. The number of ether oxygens (including phenoxy) is 3. The zero-order valence-electron chi connectivity index (χ0n) is 15.4. The van der Waals surface area contributed by atoms with Crippen molar-refractivity contribution in [1.29, 1.82) is 0 Å². The van der Waals surface area contributed by atoms with Gasteiger partial charge in [-0.15, -0.1) is 0 Å². The number of rotatable bonds is 7. The molecule has 144 valence electrons. The largest absolute Gasteiger partial charge is 0.493 e. The first-order valence-electron chi connectivity index (χ1n) is 7.95. The number of amides is 1. The molecule has 0 heterocycles. The Morgan fingerprint density at radius 3 is 2.22 bits per heavy atom. The Hall–Kier alpha value is -2.93. The summed E-state index contributed by atoms with van der Waals surface area (Å²) in [4.78, 5) is 23.5. The third kappa shape index (κ3) is 4.83. The molecule has 8 heteroatoms. The highest BCUT2D eigenvalue weighted by Gasteiger charge is 2.18. The Kier molecular flexibility index (Phi) is 6.52. The summed E-state index contributed by atoms with van der Waals surface area (Å²) in [6, 6.07) is 6.07. The second kappa shape index (κ2) is 8.64. The Labute approximate surface area is 161 Å². The minimum atomic E-state index is -1.16. The summed E-state index contributed by atoms with van der Waals surface area (Å²) in [6.07, 6.45) is 0. The molecule has 0 radical (unpaired) electrons. The molecular weight excluding hydrogens is 374 g/mol. The Balaban J connectivity index is 2.17. The second-order valence-electron chi connectivity index (χ2n) is 5.77. The summed E-state index contributed by atoms with van der Waals surface area (Å²) in [6.45, 7) is 3.41. The zero-order valence-corrected chi connectivity index (χ0v) is 16.1. The van der Waals surface area contributed by atoms with Gasteiger partial charge in [0.25, 0.3) is 5.91 Å². The average molecular weight is 394 g/mol. The highest BCUT2D eigenvalue weighted by Crippen LogP contribution is 2.36. The quantitative estimate of drug-likeness (QED) is 0.745. The van der Waals surface area contributed by atoms with Crippen LogP contribution >= 0.6 is 11.6 Å². The van der Waals surface area contributed by atoms with Crippen LogP contribution in [0.1, 0.15) is 21.5 Å². The number of benzene rings is 2. The standard InChI is InChI=1S/C19H20ClNO6/c1-10-5-13(6-11(2)17(10)20)27-9-16(22)21-14-7-12(19(23)24)8-15(25-3)18(14)26-4/h5-8H,9H2,1-4H3,(H,21,22)(H,23,24). The molecule has 2 aromatic carbocycles. The van der Waals surface area contributed by atoms with Gasteiger partial charge in [0.1, 0.15) is 5.75 Å². The molecule has 0 saturated carbocycles. The molecule has 0 atom stereocenters. The van der Waals surface area contributed by atoms with Crippen LogP contribution in [0.2, 0.25) is 5.02 Å². The maximum atomic E-state index is 12.3. The fourth-order valence-electron chi connectivity index (χ4n) is 2.51. The predicted molar refractivity (Wildman–Crippen MR) is 102 cm³/mol. The molecule has 0 fully saturated rings. The number of carbonyl (C=O) groups excluding carboxylic acids is 1. The number of aromatic carboxylic acids is 1. The van der Waals surface area contributed by atoms with Crippen LogP contribution < -0.4 is 19.5 Å². The van der Waals surface area contributed by atoms with Crippen molar-refractivity contribution in [3.8, 4) is 17.2 Å². The maximum absolute atomic E-state index is 12.3. The molecule has 0 aromatic heterocycles. The first-order valence-corrected chi connectivity index (χ1v) is 8.33. The molecule has 0 spiro atoms. The molecule has 0 saturated heterocycles. The number of nitrogens with one attached hydrogen (secondary N) is 1. The summed E-state index contributed by atoms with van der Waals surface area (Å²) < 4.78 is 15.9. The smallest absolute Gasteiger partial charge is 0.335 e. The van der Waals surface area contributed by atoms with Gasteiger partial charge >= 0.3 is 5.97 Å².